The summed E-state index contributed by atoms with van der Waals surface area (Å²) >= 11 is 0. The summed E-state index contributed by atoms with van der Waals surface area (Å²) in [5.74, 6) is 3.04. The van der Waals surface area contributed by atoms with E-state index in [0.717, 1.165) is 43.4 Å². The van der Waals surface area contributed by atoms with E-state index in [1.54, 1.807) is 0 Å². The SMILES string of the molecule is C/C=C/CC1CCC(C2CCC(C3CCC(C)C(F)C3F)CC2)CC1. The van der Waals surface area contributed by atoms with Crippen molar-refractivity contribution in [1.82, 2.24) is 0 Å². The molecule has 0 heterocycles. The largest absolute Gasteiger partial charge is 0.244 e. The van der Waals surface area contributed by atoms with Crippen LogP contribution in [0.1, 0.15) is 84.5 Å². The maximum absolute atomic E-state index is 14.5. The number of alkyl halides is 2. The minimum absolute atomic E-state index is 0.00344. The molecule has 25 heavy (non-hydrogen) atoms. The first-order chi connectivity index (χ1) is 12.1. The standard InChI is InChI=1S/C23H38F2/c1-3-4-5-17-7-9-18(10-8-17)19-11-13-20(14-12-19)21-15-6-16(2)22(24)23(21)25/h3-4,16-23H,5-15H2,1-2H3/b4-3+. The third kappa shape index (κ3) is 4.66. The molecule has 144 valence electrons. The van der Waals surface area contributed by atoms with Gasteiger partial charge >= 0.3 is 0 Å². The average molecular weight is 353 g/mol. The molecule has 3 saturated carbocycles. The smallest absolute Gasteiger partial charge is 0.134 e. The van der Waals surface area contributed by atoms with Crippen LogP contribution < -0.4 is 0 Å². The monoisotopic (exact) mass is 352 g/mol. The number of halogens is 2. The van der Waals surface area contributed by atoms with Crippen molar-refractivity contribution in [3.8, 4) is 0 Å². The summed E-state index contributed by atoms with van der Waals surface area (Å²) in [4.78, 5) is 0. The zero-order chi connectivity index (χ0) is 17.8. The van der Waals surface area contributed by atoms with Crippen LogP contribution >= 0.6 is 0 Å². The Balaban J connectivity index is 1.43. The lowest BCUT2D eigenvalue weighted by atomic mass is 9.64. The van der Waals surface area contributed by atoms with E-state index in [9.17, 15) is 8.78 Å². The molecular weight excluding hydrogens is 314 g/mol. The zero-order valence-electron chi connectivity index (χ0n) is 16.3. The molecule has 0 aliphatic heterocycles. The molecule has 4 unspecified atom stereocenters. The van der Waals surface area contributed by atoms with Crippen LogP contribution in [0.2, 0.25) is 0 Å². The van der Waals surface area contributed by atoms with Crippen LogP contribution in [0, 0.1) is 35.5 Å². The van der Waals surface area contributed by atoms with Crippen LogP contribution in [0.3, 0.4) is 0 Å². The van der Waals surface area contributed by atoms with Gasteiger partial charge in [0.15, 0.2) is 0 Å². The highest BCUT2D eigenvalue weighted by Gasteiger charge is 2.43. The highest BCUT2D eigenvalue weighted by Crippen LogP contribution is 2.47. The summed E-state index contributed by atoms with van der Waals surface area (Å²) in [5.41, 5.74) is 0. The van der Waals surface area contributed by atoms with E-state index in [0.29, 0.717) is 5.92 Å². The molecule has 0 N–H and O–H groups in total. The van der Waals surface area contributed by atoms with E-state index in [1.165, 1.54) is 44.9 Å². The van der Waals surface area contributed by atoms with Crippen LogP contribution in [0.15, 0.2) is 12.2 Å². The van der Waals surface area contributed by atoms with E-state index in [2.05, 4.69) is 19.1 Å². The maximum atomic E-state index is 14.5. The molecule has 0 saturated heterocycles. The van der Waals surface area contributed by atoms with Crippen LogP contribution in [-0.4, -0.2) is 12.3 Å². The molecule has 3 aliphatic rings. The van der Waals surface area contributed by atoms with Crippen LogP contribution in [0.5, 0.6) is 0 Å². The molecule has 4 atom stereocenters. The quantitative estimate of drug-likeness (QED) is 0.466. The van der Waals surface area contributed by atoms with E-state index >= 15 is 0 Å². The summed E-state index contributed by atoms with van der Waals surface area (Å²) in [6.45, 7) is 3.99. The molecule has 2 heteroatoms. The van der Waals surface area contributed by atoms with Gasteiger partial charge in [-0.2, -0.15) is 0 Å². The molecule has 3 rings (SSSR count). The predicted molar refractivity (Wildman–Crippen MR) is 102 cm³/mol. The predicted octanol–water partition coefficient (Wildman–Crippen LogP) is 7.29. The topological polar surface area (TPSA) is 0 Å². The second kappa shape index (κ2) is 9.00. The molecule has 0 spiro atoms. The van der Waals surface area contributed by atoms with Gasteiger partial charge in [0.2, 0.25) is 0 Å². The molecule has 0 amide bonds. The van der Waals surface area contributed by atoms with Crippen molar-refractivity contribution in [2.24, 2.45) is 35.5 Å². The summed E-state index contributed by atoms with van der Waals surface area (Å²) in [7, 11) is 0. The van der Waals surface area contributed by atoms with Crippen LogP contribution in [0.4, 0.5) is 8.78 Å². The first kappa shape index (κ1) is 19.4. The Morgan fingerprint density at radius 3 is 1.88 bits per heavy atom. The first-order valence-corrected chi connectivity index (χ1v) is 11.0. The van der Waals surface area contributed by atoms with Crippen molar-refractivity contribution in [2.75, 3.05) is 0 Å². The van der Waals surface area contributed by atoms with Crippen molar-refractivity contribution in [1.29, 1.82) is 0 Å². The van der Waals surface area contributed by atoms with E-state index in [-0.39, 0.29) is 11.8 Å². The molecule has 0 aromatic carbocycles. The maximum Gasteiger partial charge on any atom is 0.134 e. The summed E-state index contributed by atoms with van der Waals surface area (Å²) in [6.07, 6.45) is 15.6. The Kier molecular flexibility index (Phi) is 6.97. The van der Waals surface area contributed by atoms with Gasteiger partial charge in [0.05, 0.1) is 0 Å². The van der Waals surface area contributed by atoms with E-state index in [4.69, 9.17) is 0 Å². The van der Waals surface area contributed by atoms with Crippen LogP contribution in [0.25, 0.3) is 0 Å². The molecule has 3 fully saturated rings. The van der Waals surface area contributed by atoms with Gasteiger partial charge < -0.3 is 0 Å². The van der Waals surface area contributed by atoms with Crippen molar-refractivity contribution < 1.29 is 8.78 Å². The molecule has 0 aromatic rings. The number of hydrogen-bond donors (Lipinski definition) is 0. The highest BCUT2D eigenvalue weighted by atomic mass is 19.2. The molecule has 3 aliphatic carbocycles. The summed E-state index contributed by atoms with van der Waals surface area (Å²) in [6, 6.07) is 0. The van der Waals surface area contributed by atoms with Gasteiger partial charge in [-0.25, -0.2) is 8.78 Å². The van der Waals surface area contributed by atoms with Gasteiger partial charge in [-0.3, -0.25) is 0 Å². The van der Waals surface area contributed by atoms with Gasteiger partial charge in [-0.15, -0.1) is 0 Å². The fourth-order valence-corrected chi connectivity index (χ4v) is 6.09. The Morgan fingerprint density at radius 1 is 0.720 bits per heavy atom. The third-order valence-electron chi connectivity index (χ3n) is 7.90. The zero-order valence-corrected chi connectivity index (χ0v) is 16.3. The average Bonchev–Trinajstić information content (AvgIpc) is 2.65. The van der Waals surface area contributed by atoms with Gasteiger partial charge in [0, 0.05) is 0 Å². The molecule has 0 aromatic heterocycles. The second-order valence-corrected chi connectivity index (χ2v) is 9.37. The van der Waals surface area contributed by atoms with Gasteiger partial charge in [-0.05, 0) is 113 Å². The van der Waals surface area contributed by atoms with Gasteiger partial charge in [-0.1, -0.05) is 19.1 Å². The fraction of sp³-hybridized carbons (Fsp3) is 0.913. The number of allylic oxidation sites excluding steroid dienone is 2. The molecule has 0 radical (unpaired) electrons. The molecule has 0 bridgehead atoms. The van der Waals surface area contributed by atoms with Crippen molar-refractivity contribution in [2.45, 2.75) is 96.8 Å². The van der Waals surface area contributed by atoms with Gasteiger partial charge in [0.25, 0.3) is 0 Å². The van der Waals surface area contributed by atoms with Crippen molar-refractivity contribution in [3.05, 3.63) is 12.2 Å². The number of hydrogen-bond acceptors (Lipinski definition) is 0. The Morgan fingerprint density at radius 2 is 1.28 bits per heavy atom. The lowest BCUT2D eigenvalue weighted by Gasteiger charge is -2.43. The minimum Gasteiger partial charge on any atom is -0.244 e. The Labute approximate surface area is 153 Å². The van der Waals surface area contributed by atoms with Crippen molar-refractivity contribution >= 4 is 0 Å². The Bertz CT molecular complexity index is 416. The number of rotatable bonds is 4. The normalized spacial score (nSPS) is 46.4. The Hall–Kier alpha value is -0.400. The third-order valence-corrected chi connectivity index (χ3v) is 7.90. The molecular formula is C23H38F2. The van der Waals surface area contributed by atoms with Gasteiger partial charge in [0.1, 0.15) is 12.3 Å². The van der Waals surface area contributed by atoms with E-state index in [1.807, 2.05) is 6.92 Å². The van der Waals surface area contributed by atoms with Crippen LogP contribution in [-0.2, 0) is 0 Å². The molecule has 0 nitrogen and oxygen atoms in total. The lowest BCUT2D eigenvalue weighted by Crippen LogP contribution is -2.41. The second-order valence-electron chi connectivity index (χ2n) is 9.37. The summed E-state index contributed by atoms with van der Waals surface area (Å²) < 4.78 is 28.6. The fourth-order valence-electron chi connectivity index (χ4n) is 6.09. The summed E-state index contributed by atoms with van der Waals surface area (Å²) in [5, 5.41) is 0. The first-order valence-electron chi connectivity index (χ1n) is 11.0. The highest BCUT2D eigenvalue weighted by molar-refractivity contribution is 4.92. The van der Waals surface area contributed by atoms with E-state index < -0.39 is 12.3 Å². The lowest BCUT2D eigenvalue weighted by molar-refractivity contribution is -0.0100. The minimum atomic E-state index is -1.22. The van der Waals surface area contributed by atoms with Crippen molar-refractivity contribution in [3.63, 3.8) is 0 Å².